The fourth-order valence-corrected chi connectivity index (χ4v) is 5.03. The standard InChI is InChI=1S/C22H32N4O3/c1-4-5-8-29-18-10-15-6-7-16(11-18)19(15)25-22(27)20-21-24-17(12-28-3)9-14(2)26(21)13-23-20/h9,13,15-16,18-19H,4-8,10-12H2,1-3H3,(H,25,27)/t15-,16+,18+,19+. The molecule has 2 heterocycles. The van der Waals surface area contributed by atoms with E-state index in [4.69, 9.17) is 9.47 Å². The molecule has 2 aliphatic rings. The van der Waals surface area contributed by atoms with Crippen molar-refractivity contribution in [3.63, 3.8) is 0 Å². The summed E-state index contributed by atoms with van der Waals surface area (Å²) in [5.74, 6) is 0.870. The molecular weight excluding hydrogens is 368 g/mol. The molecule has 2 saturated carbocycles. The first kappa shape index (κ1) is 20.3. The van der Waals surface area contributed by atoms with Gasteiger partial charge in [-0.3, -0.25) is 9.20 Å². The first-order valence-corrected chi connectivity index (χ1v) is 10.9. The Labute approximate surface area is 172 Å². The lowest BCUT2D eigenvalue weighted by Gasteiger charge is -2.35. The van der Waals surface area contributed by atoms with Gasteiger partial charge in [-0.2, -0.15) is 0 Å². The second kappa shape index (κ2) is 8.79. The van der Waals surface area contributed by atoms with E-state index >= 15 is 0 Å². The van der Waals surface area contributed by atoms with Gasteiger partial charge < -0.3 is 14.8 Å². The number of rotatable bonds is 8. The molecule has 2 aliphatic carbocycles. The van der Waals surface area contributed by atoms with E-state index in [0.717, 1.165) is 43.7 Å². The zero-order valence-corrected chi connectivity index (χ0v) is 17.7. The minimum absolute atomic E-state index is 0.124. The number of nitrogens with zero attached hydrogens (tertiary/aromatic N) is 3. The van der Waals surface area contributed by atoms with Crippen LogP contribution in [0, 0.1) is 18.8 Å². The van der Waals surface area contributed by atoms with E-state index < -0.39 is 0 Å². The van der Waals surface area contributed by atoms with E-state index in [2.05, 4.69) is 22.2 Å². The van der Waals surface area contributed by atoms with Gasteiger partial charge in [0.1, 0.15) is 6.33 Å². The zero-order valence-electron chi connectivity index (χ0n) is 17.7. The Morgan fingerprint density at radius 3 is 2.76 bits per heavy atom. The minimum Gasteiger partial charge on any atom is -0.378 e. The van der Waals surface area contributed by atoms with Gasteiger partial charge in [0.2, 0.25) is 0 Å². The summed E-state index contributed by atoms with van der Waals surface area (Å²) in [6, 6.07) is 2.17. The molecule has 7 nitrogen and oxygen atoms in total. The summed E-state index contributed by atoms with van der Waals surface area (Å²) in [5, 5.41) is 3.29. The average Bonchev–Trinajstić information content (AvgIpc) is 3.21. The van der Waals surface area contributed by atoms with Crippen LogP contribution in [0.1, 0.15) is 67.3 Å². The number of aryl methyl sites for hydroxylation is 1. The van der Waals surface area contributed by atoms with E-state index in [1.165, 1.54) is 12.8 Å². The summed E-state index contributed by atoms with van der Waals surface area (Å²) in [7, 11) is 1.64. The van der Waals surface area contributed by atoms with Crippen molar-refractivity contribution in [2.75, 3.05) is 13.7 Å². The van der Waals surface area contributed by atoms with Crippen LogP contribution in [0.15, 0.2) is 12.4 Å². The molecule has 1 N–H and O–H groups in total. The summed E-state index contributed by atoms with van der Waals surface area (Å²) in [5.41, 5.74) is 2.78. The van der Waals surface area contributed by atoms with Crippen molar-refractivity contribution in [1.29, 1.82) is 0 Å². The van der Waals surface area contributed by atoms with Crippen LogP contribution in [0.5, 0.6) is 0 Å². The number of amides is 1. The zero-order chi connectivity index (χ0) is 20.4. The molecule has 0 saturated heterocycles. The second-order valence-corrected chi connectivity index (χ2v) is 8.52. The SMILES string of the molecule is CCCCO[C@H]1C[C@H]2CC[C@@H](C1)[C@H]2NC(=O)c1ncn2c(C)cc(COC)nc12. The number of imidazole rings is 1. The Balaban J connectivity index is 1.46. The largest absolute Gasteiger partial charge is 0.378 e. The van der Waals surface area contributed by atoms with Crippen LogP contribution >= 0.6 is 0 Å². The Hall–Kier alpha value is -1.99. The average molecular weight is 401 g/mol. The topological polar surface area (TPSA) is 77.8 Å². The van der Waals surface area contributed by atoms with Crippen LogP contribution in [0.2, 0.25) is 0 Å². The Bertz CT molecular complexity index is 851. The van der Waals surface area contributed by atoms with Gasteiger partial charge in [0.25, 0.3) is 5.91 Å². The molecule has 0 unspecified atom stereocenters. The molecular formula is C22H32N4O3. The molecule has 2 fully saturated rings. The molecule has 0 radical (unpaired) electrons. The lowest BCUT2D eigenvalue weighted by Crippen LogP contribution is -2.46. The summed E-state index contributed by atoms with van der Waals surface area (Å²) < 4.78 is 13.2. The molecule has 1 amide bonds. The highest BCUT2D eigenvalue weighted by Crippen LogP contribution is 2.43. The number of methoxy groups -OCH3 is 1. The van der Waals surface area contributed by atoms with Gasteiger partial charge in [0.05, 0.1) is 18.4 Å². The van der Waals surface area contributed by atoms with Crippen molar-refractivity contribution in [3.05, 3.63) is 29.5 Å². The predicted octanol–water partition coefficient (Wildman–Crippen LogP) is 3.29. The van der Waals surface area contributed by atoms with Crippen LogP contribution in [0.3, 0.4) is 0 Å². The third kappa shape index (κ3) is 4.16. The van der Waals surface area contributed by atoms with Gasteiger partial charge in [-0.15, -0.1) is 0 Å². The molecule has 7 heteroatoms. The highest BCUT2D eigenvalue weighted by molar-refractivity contribution is 5.98. The van der Waals surface area contributed by atoms with E-state index in [-0.39, 0.29) is 11.9 Å². The van der Waals surface area contributed by atoms with Crippen LogP contribution in [0.25, 0.3) is 5.65 Å². The molecule has 29 heavy (non-hydrogen) atoms. The minimum atomic E-state index is -0.124. The second-order valence-electron chi connectivity index (χ2n) is 8.52. The fraction of sp³-hybridized carbons (Fsp3) is 0.682. The van der Waals surface area contributed by atoms with Crippen molar-refractivity contribution < 1.29 is 14.3 Å². The molecule has 2 aromatic heterocycles. The van der Waals surface area contributed by atoms with Crippen LogP contribution in [-0.2, 0) is 16.1 Å². The highest BCUT2D eigenvalue weighted by Gasteiger charge is 2.44. The lowest BCUT2D eigenvalue weighted by atomic mass is 9.82. The van der Waals surface area contributed by atoms with Gasteiger partial charge in [-0.05, 0) is 56.9 Å². The normalized spacial score (nSPS) is 26.2. The first-order chi connectivity index (χ1) is 14.1. The van der Waals surface area contributed by atoms with Crippen LogP contribution in [0.4, 0.5) is 0 Å². The van der Waals surface area contributed by atoms with Crippen molar-refractivity contribution >= 4 is 11.6 Å². The summed E-state index contributed by atoms with van der Waals surface area (Å²) in [6.07, 6.45) is 8.74. The number of carbonyl (C=O) groups excluding carboxylic acids is 1. The Morgan fingerprint density at radius 1 is 1.31 bits per heavy atom. The summed E-state index contributed by atoms with van der Waals surface area (Å²) >= 11 is 0. The van der Waals surface area contributed by atoms with Crippen molar-refractivity contribution in [2.45, 2.75) is 71.1 Å². The summed E-state index contributed by atoms with van der Waals surface area (Å²) in [6.45, 7) is 5.44. The van der Waals surface area contributed by atoms with E-state index in [0.29, 0.717) is 35.9 Å². The molecule has 4 atom stereocenters. The van der Waals surface area contributed by atoms with Gasteiger partial charge in [0, 0.05) is 25.5 Å². The predicted molar refractivity (Wildman–Crippen MR) is 110 cm³/mol. The van der Waals surface area contributed by atoms with E-state index in [1.807, 2.05) is 17.4 Å². The van der Waals surface area contributed by atoms with Gasteiger partial charge in [0.15, 0.2) is 11.3 Å². The maximum atomic E-state index is 13.1. The number of ether oxygens (including phenoxy) is 2. The Kier molecular flexibility index (Phi) is 6.15. The smallest absolute Gasteiger partial charge is 0.274 e. The number of nitrogens with one attached hydrogen (secondary N) is 1. The molecule has 4 rings (SSSR count). The Morgan fingerprint density at radius 2 is 2.07 bits per heavy atom. The lowest BCUT2D eigenvalue weighted by molar-refractivity contribution is -0.00121. The highest BCUT2D eigenvalue weighted by atomic mass is 16.5. The molecule has 0 aliphatic heterocycles. The third-order valence-corrected chi connectivity index (χ3v) is 6.46. The molecule has 158 valence electrons. The molecule has 2 aromatic rings. The molecule has 2 bridgehead atoms. The first-order valence-electron chi connectivity index (χ1n) is 10.9. The summed E-state index contributed by atoms with van der Waals surface area (Å²) in [4.78, 5) is 22.1. The number of aromatic nitrogens is 3. The number of fused-ring (bicyclic) bond motifs is 3. The third-order valence-electron chi connectivity index (χ3n) is 6.46. The van der Waals surface area contributed by atoms with Gasteiger partial charge in [-0.25, -0.2) is 9.97 Å². The maximum absolute atomic E-state index is 13.1. The molecule has 0 aromatic carbocycles. The number of unbranched alkanes of at least 4 members (excludes halogenated alkanes) is 1. The van der Waals surface area contributed by atoms with E-state index in [9.17, 15) is 4.79 Å². The van der Waals surface area contributed by atoms with Crippen molar-refractivity contribution in [3.8, 4) is 0 Å². The maximum Gasteiger partial charge on any atom is 0.274 e. The van der Waals surface area contributed by atoms with Crippen LogP contribution in [-0.4, -0.2) is 46.1 Å². The van der Waals surface area contributed by atoms with Crippen molar-refractivity contribution in [1.82, 2.24) is 19.7 Å². The van der Waals surface area contributed by atoms with E-state index in [1.54, 1.807) is 13.4 Å². The fourth-order valence-electron chi connectivity index (χ4n) is 5.03. The number of carbonyl (C=O) groups is 1. The van der Waals surface area contributed by atoms with Crippen LogP contribution < -0.4 is 5.32 Å². The molecule has 0 spiro atoms. The van der Waals surface area contributed by atoms with Crippen molar-refractivity contribution in [2.24, 2.45) is 11.8 Å². The quantitative estimate of drug-likeness (QED) is 0.688. The van der Waals surface area contributed by atoms with Gasteiger partial charge >= 0.3 is 0 Å². The van der Waals surface area contributed by atoms with Gasteiger partial charge in [-0.1, -0.05) is 13.3 Å². The number of hydrogen-bond acceptors (Lipinski definition) is 5. The monoisotopic (exact) mass is 400 g/mol. The number of hydrogen-bond donors (Lipinski definition) is 1.